The number of hydrogen-bond donors (Lipinski definition) is 2. The first kappa shape index (κ1) is 14.3. The molecule has 0 saturated heterocycles. The molecule has 1 heterocycles. The third-order valence-electron chi connectivity index (χ3n) is 3.00. The Hall–Kier alpha value is -2.14. The SMILES string of the molecule is Cc1cnn(CCCC(=O)Nc2cccc(CN)c2)c1. The van der Waals surface area contributed by atoms with Crippen LogP contribution in [0.2, 0.25) is 0 Å². The fourth-order valence-electron chi connectivity index (χ4n) is 1.99. The number of rotatable bonds is 6. The number of nitrogens with two attached hydrogens (primary N) is 1. The normalized spacial score (nSPS) is 10.5. The molecule has 0 radical (unpaired) electrons. The van der Waals surface area contributed by atoms with E-state index in [1.807, 2.05) is 48.3 Å². The van der Waals surface area contributed by atoms with Crippen molar-refractivity contribution >= 4 is 11.6 Å². The molecule has 0 unspecified atom stereocenters. The number of anilines is 1. The van der Waals surface area contributed by atoms with Gasteiger partial charge in [-0.2, -0.15) is 5.10 Å². The summed E-state index contributed by atoms with van der Waals surface area (Å²) in [5, 5.41) is 7.07. The number of hydrogen-bond acceptors (Lipinski definition) is 3. The molecule has 2 aromatic rings. The van der Waals surface area contributed by atoms with Crippen molar-refractivity contribution in [2.75, 3.05) is 5.32 Å². The van der Waals surface area contributed by atoms with Gasteiger partial charge < -0.3 is 11.1 Å². The van der Waals surface area contributed by atoms with Crippen LogP contribution in [0.3, 0.4) is 0 Å². The maximum atomic E-state index is 11.8. The molecule has 0 spiro atoms. The first-order valence-electron chi connectivity index (χ1n) is 6.75. The van der Waals surface area contributed by atoms with Crippen LogP contribution in [0.1, 0.15) is 24.0 Å². The molecule has 106 valence electrons. The highest BCUT2D eigenvalue weighted by molar-refractivity contribution is 5.90. The number of aromatic nitrogens is 2. The van der Waals surface area contributed by atoms with Gasteiger partial charge in [-0.05, 0) is 36.6 Å². The Balaban J connectivity index is 1.77. The van der Waals surface area contributed by atoms with Gasteiger partial charge in [0.25, 0.3) is 0 Å². The number of nitrogens with zero attached hydrogens (tertiary/aromatic N) is 2. The summed E-state index contributed by atoms with van der Waals surface area (Å²) in [5.41, 5.74) is 8.51. The topological polar surface area (TPSA) is 72.9 Å². The van der Waals surface area contributed by atoms with Crippen LogP contribution in [0, 0.1) is 6.92 Å². The molecule has 5 heteroatoms. The van der Waals surface area contributed by atoms with Crippen LogP contribution in [0.5, 0.6) is 0 Å². The van der Waals surface area contributed by atoms with Gasteiger partial charge >= 0.3 is 0 Å². The second kappa shape index (κ2) is 6.86. The van der Waals surface area contributed by atoms with Crippen LogP contribution in [-0.4, -0.2) is 15.7 Å². The second-order valence-corrected chi connectivity index (χ2v) is 4.84. The number of carbonyl (C=O) groups excluding carboxylic acids is 1. The Morgan fingerprint density at radius 1 is 1.45 bits per heavy atom. The van der Waals surface area contributed by atoms with Gasteiger partial charge in [0.2, 0.25) is 5.91 Å². The summed E-state index contributed by atoms with van der Waals surface area (Å²) in [6, 6.07) is 7.60. The van der Waals surface area contributed by atoms with Crippen LogP contribution in [0.4, 0.5) is 5.69 Å². The predicted molar refractivity (Wildman–Crippen MR) is 79.2 cm³/mol. The Kier molecular flexibility index (Phi) is 4.90. The molecule has 2 rings (SSSR count). The number of benzene rings is 1. The first-order valence-corrected chi connectivity index (χ1v) is 6.75. The van der Waals surface area contributed by atoms with E-state index in [0.29, 0.717) is 13.0 Å². The third kappa shape index (κ3) is 4.20. The van der Waals surface area contributed by atoms with Gasteiger partial charge in [-0.15, -0.1) is 0 Å². The molecular weight excluding hydrogens is 252 g/mol. The molecule has 0 fully saturated rings. The quantitative estimate of drug-likeness (QED) is 0.845. The van der Waals surface area contributed by atoms with Crippen molar-refractivity contribution in [1.29, 1.82) is 0 Å². The van der Waals surface area contributed by atoms with Crippen LogP contribution in [0.15, 0.2) is 36.7 Å². The summed E-state index contributed by atoms with van der Waals surface area (Å²) >= 11 is 0. The number of aryl methyl sites for hydroxylation is 2. The predicted octanol–water partition coefficient (Wildman–Crippen LogP) is 2.07. The van der Waals surface area contributed by atoms with Gasteiger partial charge in [0.1, 0.15) is 0 Å². The average Bonchev–Trinajstić information content (AvgIpc) is 2.84. The van der Waals surface area contributed by atoms with Crippen LogP contribution < -0.4 is 11.1 Å². The largest absolute Gasteiger partial charge is 0.326 e. The molecule has 20 heavy (non-hydrogen) atoms. The van der Waals surface area contributed by atoms with E-state index in [1.165, 1.54) is 0 Å². The summed E-state index contributed by atoms with van der Waals surface area (Å²) in [4.78, 5) is 11.8. The molecule has 0 aliphatic carbocycles. The van der Waals surface area contributed by atoms with Crippen molar-refractivity contribution in [2.45, 2.75) is 32.9 Å². The van der Waals surface area contributed by atoms with Gasteiger partial charge in [0.15, 0.2) is 0 Å². The fraction of sp³-hybridized carbons (Fsp3) is 0.333. The molecule has 0 bridgehead atoms. The Morgan fingerprint density at radius 2 is 2.30 bits per heavy atom. The minimum atomic E-state index is 0.0167. The summed E-state index contributed by atoms with van der Waals surface area (Å²) in [5.74, 6) is 0.0167. The Bertz CT molecular complexity index is 577. The van der Waals surface area contributed by atoms with E-state index < -0.39 is 0 Å². The lowest BCUT2D eigenvalue weighted by atomic mass is 10.2. The lowest BCUT2D eigenvalue weighted by Gasteiger charge is -2.06. The van der Waals surface area contributed by atoms with Crippen LogP contribution >= 0.6 is 0 Å². The Labute approximate surface area is 118 Å². The zero-order valence-corrected chi connectivity index (χ0v) is 11.7. The van der Waals surface area contributed by atoms with E-state index in [0.717, 1.165) is 29.8 Å². The van der Waals surface area contributed by atoms with E-state index in [9.17, 15) is 4.79 Å². The van der Waals surface area contributed by atoms with E-state index >= 15 is 0 Å². The standard InChI is InChI=1S/C15H20N4O/c1-12-10-17-19(11-12)7-3-6-15(20)18-14-5-2-4-13(8-14)9-16/h2,4-5,8,10-11H,3,6-7,9,16H2,1H3,(H,18,20). The molecule has 3 N–H and O–H groups in total. The minimum absolute atomic E-state index is 0.0167. The molecule has 0 aliphatic heterocycles. The van der Waals surface area contributed by atoms with E-state index in [1.54, 1.807) is 0 Å². The van der Waals surface area contributed by atoms with E-state index in [2.05, 4.69) is 10.4 Å². The maximum absolute atomic E-state index is 11.8. The van der Waals surface area contributed by atoms with Gasteiger partial charge in [0, 0.05) is 31.4 Å². The highest BCUT2D eigenvalue weighted by Crippen LogP contribution is 2.11. The lowest BCUT2D eigenvalue weighted by Crippen LogP contribution is -2.13. The van der Waals surface area contributed by atoms with Crippen molar-refractivity contribution < 1.29 is 4.79 Å². The highest BCUT2D eigenvalue weighted by atomic mass is 16.1. The maximum Gasteiger partial charge on any atom is 0.224 e. The molecule has 0 aliphatic rings. The highest BCUT2D eigenvalue weighted by Gasteiger charge is 2.03. The molecule has 1 aromatic heterocycles. The number of amides is 1. The third-order valence-corrected chi connectivity index (χ3v) is 3.00. The van der Waals surface area contributed by atoms with Crippen LogP contribution in [-0.2, 0) is 17.9 Å². The molecule has 1 aromatic carbocycles. The zero-order valence-electron chi connectivity index (χ0n) is 11.7. The van der Waals surface area contributed by atoms with E-state index in [4.69, 9.17) is 5.73 Å². The summed E-state index contributed by atoms with van der Waals surface area (Å²) in [6.07, 6.45) is 5.04. The molecule has 0 atom stereocenters. The van der Waals surface area contributed by atoms with Gasteiger partial charge in [-0.1, -0.05) is 12.1 Å². The van der Waals surface area contributed by atoms with Crippen LogP contribution in [0.25, 0.3) is 0 Å². The number of carbonyl (C=O) groups is 1. The summed E-state index contributed by atoms with van der Waals surface area (Å²) in [7, 11) is 0. The smallest absolute Gasteiger partial charge is 0.224 e. The molecule has 5 nitrogen and oxygen atoms in total. The molecular formula is C15H20N4O. The monoisotopic (exact) mass is 272 g/mol. The molecule has 0 saturated carbocycles. The van der Waals surface area contributed by atoms with Crippen molar-refractivity contribution in [3.8, 4) is 0 Å². The minimum Gasteiger partial charge on any atom is -0.326 e. The van der Waals surface area contributed by atoms with Crippen molar-refractivity contribution in [3.05, 3.63) is 47.8 Å². The number of nitrogens with one attached hydrogen (secondary N) is 1. The Morgan fingerprint density at radius 3 is 3.00 bits per heavy atom. The summed E-state index contributed by atoms with van der Waals surface area (Å²) in [6.45, 7) is 3.23. The van der Waals surface area contributed by atoms with Crippen molar-refractivity contribution in [3.63, 3.8) is 0 Å². The first-order chi connectivity index (χ1) is 9.67. The van der Waals surface area contributed by atoms with Gasteiger partial charge in [-0.25, -0.2) is 0 Å². The van der Waals surface area contributed by atoms with Gasteiger partial charge in [-0.3, -0.25) is 9.48 Å². The lowest BCUT2D eigenvalue weighted by molar-refractivity contribution is -0.116. The fourth-order valence-corrected chi connectivity index (χ4v) is 1.99. The summed E-state index contributed by atoms with van der Waals surface area (Å²) < 4.78 is 1.86. The van der Waals surface area contributed by atoms with Crippen molar-refractivity contribution in [2.24, 2.45) is 5.73 Å². The molecule has 1 amide bonds. The van der Waals surface area contributed by atoms with Gasteiger partial charge in [0.05, 0.1) is 6.20 Å². The second-order valence-electron chi connectivity index (χ2n) is 4.84. The zero-order chi connectivity index (χ0) is 14.4. The average molecular weight is 272 g/mol. The van der Waals surface area contributed by atoms with E-state index in [-0.39, 0.29) is 5.91 Å². The van der Waals surface area contributed by atoms with Crippen molar-refractivity contribution in [1.82, 2.24) is 9.78 Å².